The van der Waals surface area contributed by atoms with E-state index in [0.29, 0.717) is 5.95 Å². The van der Waals surface area contributed by atoms with Gasteiger partial charge in [-0.2, -0.15) is 5.10 Å². The maximum absolute atomic E-state index is 5.12. The van der Waals surface area contributed by atoms with Gasteiger partial charge in [-0.15, -0.1) is 0 Å². The van der Waals surface area contributed by atoms with Crippen LogP contribution >= 0.6 is 31.9 Å². The standard InChI is InChI=1S/C30H22Br2N4/c1-19-13-14-26-25(15-19)29(20-7-3-2-4-8-20)34-30(33-26)36-28(22-10-6-12-24(32)17-22)18-27(35-36)21-9-5-11-23(31)16-21/h2-17,28H,18H2,1H3/t28-/m1/s1. The Morgan fingerprint density at radius 1 is 0.750 bits per heavy atom. The van der Waals surface area contributed by atoms with Crippen molar-refractivity contribution < 1.29 is 0 Å². The summed E-state index contributed by atoms with van der Waals surface area (Å²) in [5, 5.41) is 8.14. The van der Waals surface area contributed by atoms with Crippen LogP contribution in [0.4, 0.5) is 5.95 Å². The Labute approximate surface area is 227 Å². The van der Waals surface area contributed by atoms with Crippen LogP contribution < -0.4 is 5.01 Å². The average molecular weight is 598 g/mol. The molecule has 0 bridgehead atoms. The molecule has 0 unspecified atom stereocenters. The number of hydrogen-bond acceptors (Lipinski definition) is 4. The fourth-order valence-electron chi connectivity index (χ4n) is 4.66. The summed E-state index contributed by atoms with van der Waals surface area (Å²) in [4.78, 5) is 10.1. The maximum Gasteiger partial charge on any atom is 0.247 e. The van der Waals surface area contributed by atoms with Gasteiger partial charge in [0.2, 0.25) is 5.95 Å². The number of rotatable bonds is 4. The molecule has 0 fully saturated rings. The fraction of sp³-hybridized carbons (Fsp3) is 0.100. The molecule has 4 aromatic carbocycles. The van der Waals surface area contributed by atoms with E-state index in [0.717, 1.165) is 54.4 Å². The third-order valence-corrected chi connectivity index (χ3v) is 7.38. The summed E-state index contributed by atoms with van der Waals surface area (Å²) in [6.07, 6.45) is 0.753. The zero-order chi connectivity index (χ0) is 24.6. The van der Waals surface area contributed by atoms with Gasteiger partial charge < -0.3 is 0 Å². The van der Waals surface area contributed by atoms with Crippen molar-refractivity contribution in [3.63, 3.8) is 0 Å². The lowest BCUT2D eigenvalue weighted by Crippen LogP contribution is -2.21. The molecule has 6 heteroatoms. The fourth-order valence-corrected chi connectivity index (χ4v) is 5.48. The first kappa shape index (κ1) is 23.1. The second-order valence-electron chi connectivity index (χ2n) is 8.94. The zero-order valence-electron chi connectivity index (χ0n) is 19.6. The predicted molar refractivity (Wildman–Crippen MR) is 154 cm³/mol. The van der Waals surface area contributed by atoms with Crippen molar-refractivity contribution >= 4 is 54.4 Å². The molecular formula is C30H22Br2N4. The quantitative estimate of drug-likeness (QED) is 0.208. The smallest absolute Gasteiger partial charge is 0.223 e. The van der Waals surface area contributed by atoms with Gasteiger partial charge in [-0.3, -0.25) is 0 Å². The van der Waals surface area contributed by atoms with Gasteiger partial charge in [0.25, 0.3) is 0 Å². The van der Waals surface area contributed by atoms with E-state index in [2.05, 4.69) is 99.4 Å². The largest absolute Gasteiger partial charge is 0.247 e. The molecule has 4 nitrogen and oxygen atoms in total. The number of hydrogen-bond donors (Lipinski definition) is 0. The molecule has 2 heterocycles. The van der Waals surface area contributed by atoms with Gasteiger partial charge in [-0.05, 0) is 54.4 Å². The highest BCUT2D eigenvalue weighted by Crippen LogP contribution is 2.38. The van der Waals surface area contributed by atoms with Crippen molar-refractivity contribution in [1.29, 1.82) is 0 Å². The van der Waals surface area contributed by atoms with Crippen molar-refractivity contribution in [3.05, 3.63) is 123 Å². The van der Waals surface area contributed by atoms with Crippen molar-refractivity contribution in [2.75, 3.05) is 5.01 Å². The van der Waals surface area contributed by atoms with Crippen molar-refractivity contribution in [2.24, 2.45) is 5.10 Å². The van der Waals surface area contributed by atoms with E-state index >= 15 is 0 Å². The molecule has 1 aromatic heterocycles. The number of hydrazone groups is 1. The molecule has 1 aliphatic heterocycles. The number of aryl methyl sites for hydroxylation is 1. The highest BCUT2D eigenvalue weighted by Gasteiger charge is 2.32. The van der Waals surface area contributed by atoms with Gasteiger partial charge in [0.15, 0.2) is 0 Å². The maximum atomic E-state index is 5.12. The van der Waals surface area contributed by atoms with E-state index in [9.17, 15) is 0 Å². The Morgan fingerprint density at radius 2 is 1.50 bits per heavy atom. The lowest BCUT2D eigenvalue weighted by Gasteiger charge is -2.23. The molecule has 1 aliphatic rings. The zero-order valence-corrected chi connectivity index (χ0v) is 22.7. The summed E-state index contributed by atoms with van der Waals surface area (Å²) >= 11 is 7.25. The molecule has 0 aliphatic carbocycles. The third kappa shape index (κ3) is 4.47. The Balaban J connectivity index is 1.55. The Kier molecular flexibility index (Phi) is 6.15. The molecule has 0 saturated carbocycles. The van der Waals surface area contributed by atoms with Crippen LogP contribution in [0.15, 0.2) is 111 Å². The summed E-state index contributed by atoms with van der Waals surface area (Å²) in [6.45, 7) is 2.10. The predicted octanol–water partition coefficient (Wildman–Crippen LogP) is 8.49. The first-order valence-corrected chi connectivity index (χ1v) is 13.4. The third-order valence-electron chi connectivity index (χ3n) is 6.39. The molecule has 0 N–H and O–H groups in total. The molecule has 0 amide bonds. The van der Waals surface area contributed by atoms with E-state index in [1.165, 1.54) is 5.56 Å². The highest BCUT2D eigenvalue weighted by atomic mass is 79.9. The molecule has 6 rings (SSSR count). The van der Waals surface area contributed by atoms with Crippen LogP contribution in [0, 0.1) is 6.92 Å². The van der Waals surface area contributed by atoms with Gasteiger partial charge in [0.05, 0.1) is 23.0 Å². The minimum Gasteiger partial charge on any atom is -0.223 e. The van der Waals surface area contributed by atoms with Crippen molar-refractivity contribution in [1.82, 2.24) is 9.97 Å². The second kappa shape index (κ2) is 9.60. The molecule has 1 atom stereocenters. The number of fused-ring (bicyclic) bond motifs is 1. The number of nitrogens with zero attached hydrogens (tertiary/aromatic N) is 4. The van der Waals surface area contributed by atoms with E-state index in [-0.39, 0.29) is 6.04 Å². The van der Waals surface area contributed by atoms with Gasteiger partial charge in [0.1, 0.15) is 0 Å². The summed E-state index contributed by atoms with van der Waals surface area (Å²) in [5.41, 5.74) is 7.32. The number of benzene rings is 4. The molecule has 36 heavy (non-hydrogen) atoms. The first-order valence-electron chi connectivity index (χ1n) is 11.8. The minimum absolute atomic E-state index is 0.0250. The van der Waals surface area contributed by atoms with Gasteiger partial charge in [0, 0.05) is 26.3 Å². The number of halogens is 2. The van der Waals surface area contributed by atoms with Crippen LogP contribution in [0.2, 0.25) is 0 Å². The van der Waals surface area contributed by atoms with Gasteiger partial charge in [-0.25, -0.2) is 15.0 Å². The van der Waals surface area contributed by atoms with Crippen LogP contribution in [-0.4, -0.2) is 15.7 Å². The first-order chi connectivity index (χ1) is 17.5. The molecule has 176 valence electrons. The summed E-state index contributed by atoms with van der Waals surface area (Å²) in [6, 6.07) is 33.3. The molecule has 0 radical (unpaired) electrons. The van der Waals surface area contributed by atoms with Gasteiger partial charge in [-0.1, -0.05) is 98.1 Å². The SMILES string of the molecule is Cc1ccc2nc(N3N=C(c4cccc(Br)c4)C[C@@H]3c3cccc(Br)c3)nc(-c3ccccc3)c2c1. The summed E-state index contributed by atoms with van der Waals surface area (Å²) < 4.78 is 2.07. The highest BCUT2D eigenvalue weighted by molar-refractivity contribution is 9.10. The van der Waals surface area contributed by atoms with Crippen LogP contribution in [0.3, 0.4) is 0 Å². The van der Waals surface area contributed by atoms with Crippen LogP contribution in [0.1, 0.15) is 29.2 Å². The Hall–Kier alpha value is -3.35. The monoisotopic (exact) mass is 596 g/mol. The Morgan fingerprint density at radius 3 is 2.28 bits per heavy atom. The van der Waals surface area contributed by atoms with Crippen LogP contribution in [0.5, 0.6) is 0 Å². The molecular weight excluding hydrogens is 576 g/mol. The van der Waals surface area contributed by atoms with E-state index < -0.39 is 0 Å². The van der Waals surface area contributed by atoms with Crippen LogP contribution in [-0.2, 0) is 0 Å². The van der Waals surface area contributed by atoms with Gasteiger partial charge >= 0.3 is 0 Å². The van der Waals surface area contributed by atoms with Crippen molar-refractivity contribution in [3.8, 4) is 11.3 Å². The van der Waals surface area contributed by atoms with E-state index in [4.69, 9.17) is 15.1 Å². The lowest BCUT2D eigenvalue weighted by molar-refractivity contribution is 0.688. The van der Waals surface area contributed by atoms with E-state index in [1.807, 2.05) is 41.4 Å². The van der Waals surface area contributed by atoms with E-state index in [1.54, 1.807) is 0 Å². The number of anilines is 1. The normalized spacial score (nSPS) is 15.4. The molecule has 5 aromatic rings. The second-order valence-corrected chi connectivity index (χ2v) is 10.8. The lowest BCUT2D eigenvalue weighted by atomic mass is 9.98. The topological polar surface area (TPSA) is 41.4 Å². The summed E-state index contributed by atoms with van der Waals surface area (Å²) in [5.74, 6) is 0.597. The molecule has 0 spiro atoms. The Bertz CT molecular complexity index is 1610. The van der Waals surface area contributed by atoms with Crippen LogP contribution in [0.25, 0.3) is 22.2 Å². The molecule has 0 saturated heterocycles. The average Bonchev–Trinajstić information content (AvgIpc) is 3.34. The van der Waals surface area contributed by atoms with Crippen molar-refractivity contribution in [2.45, 2.75) is 19.4 Å². The number of aromatic nitrogens is 2. The summed E-state index contributed by atoms with van der Waals surface area (Å²) in [7, 11) is 0. The minimum atomic E-state index is -0.0250.